The molecule has 6 nitrogen and oxygen atoms in total. The van der Waals surface area contributed by atoms with Crippen LogP contribution in [0.15, 0.2) is 0 Å². The second-order valence-electron chi connectivity index (χ2n) is 20.5. The van der Waals surface area contributed by atoms with Crippen molar-refractivity contribution in [3.8, 4) is 0 Å². The Morgan fingerprint density at radius 1 is 0.302 bits per heavy atom. The van der Waals surface area contributed by atoms with E-state index in [2.05, 4.69) is 34.6 Å². The van der Waals surface area contributed by atoms with Crippen LogP contribution >= 0.6 is 0 Å². The van der Waals surface area contributed by atoms with E-state index in [-0.39, 0.29) is 31.1 Å². The summed E-state index contributed by atoms with van der Waals surface area (Å²) in [7, 11) is 0. The number of esters is 3. The molecule has 0 unspecified atom stereocenters. The Kier molecular flexibility index (Phi) is 48.6. The van der Waals surface area contributed by atoms with Crippen LogP contribution in [-0.4, -0.2) is 37.2 Å². The molecule has 0 saturated carbocycles. The maximum absolute atomic E-state index is 12.8. The van der Waals surface area contributed by atoms with E-state index in [0.29, 0.717) is 19.3 Å². The van der Waals surface area contributed by atoms with Gasteiger partial charge in [0.2, 0.25) is 0 Å². The maximum atomic E-state index is 12.8. The fourth-order valence-electron chi connectivity index (χ4n) is 8.70. The summed E-state index contributed by atoms with van der Waals surface area (Å²) in [6.07, 6.45) is 52.3. The van der Waals surface area contributed by atoms with Crippen molar-refractivity contribution in [3.05, 3.63) is 0 Å². The highest BCUT2D eigenvalue weighted by molar-refractivity contribution is 5.71. The van der Waals surface area contributed by atoms with Gasteiger partial charge in [-0.1, -0.05) is 279 Å². The molecule has 0 aliphatic rings. The highest BCUT2D eigenvalue weighted by Crippen LogP contribution is 2.18. The molecule has 0 heterocycles. The molecule has 0 aromatic carbocycles. The summed E-state index contributed by atoms with van der Waals surface area (Å²) in [6, 6.07) is 0. The van der Waals surface area contributed by atoms with E-state index in [1.165, 1.54) is 205 Å². The summed E-state index contributed by atoms with van der Waals surface area (Å²) in [4.78, 5) is 38.1. The van der Waals surface area contributed by atoms with Gasteiger partial charge >= 0.3 is 17.9 Å². The summed E-state index contributed by atoms with van der Waals surface area (Å²) in [6.45, 7) is 11.4. The lowest BCUT2D eigenvalue weighted by molar-refractivity contribution is -0.167. The van der Waals surface area contributed by atoms with Crippen molar-refractivity contribution >= 4 is 17.9 Å². The summed E-state index contributed by atoms with van der Waals surface area (Å²) >= 11 is 0. The molecule has 1 atom stereocenters. The van der Waals surface area contributed by atoms with Crippen LogP contribution in [0.3, 0.4) is 0 Å². The van der Waals surface area contributed by atoms with Crippen molar-refractivity contribution < 1.29 is 28.6 Å². The molecule has 0 fully saturated rings. The number of hydrogen-bond acceptors (Lipinski definition) is 6. The lowest BCUT2D eigenvalue weighted by Gasteiger charge is -2.18. The molecule has 0 radical (unpaired) electrons. The largest absolute Gasteiger partial charge is 0.462 e. The minimum absolute atomic E-state index is 0.0628. The molecular weight excluding hydrogens is 781 g/mol. The predicted octanol–water partition coefficient (Wildman–Crippen LogP) is 18.5. The van der Waals surface area contributed by atoms with Crippen molar-refractivity contribution in [2.75, 3.05) is 13.2 Å². The van der Waals surface area contributed by atoms with Crippen LogP contribution in [0.25, 0.3) is 0 Å². The summed E-state index contributed by atoms with van der Waals surface area (Å²) in [5.74, 6) is 0.846. The lowest BCUT2D eigenvalue weighted by atomic mass is 10.0. The summed E-state index contributed by atoms with van der Waals surface area (Å²) in [5.41, 5.74) is 0. The lowest BCUT2D eigenvalue weighted by Crippen LogP contribution is -2.30. The van der Waals surface area contributed by atoms with E-state index in [1.54, 1.807) is 0 Å². The molecule has 0 N–H and O–H groups in total. The van der Waals surface area contributed by atoms with Gasteiger partial charge in [0.05, 0.1) is 0 Å². The Bertz CT molecular complexity index is 962. The van der Waals surface area contributed by atoms with Crippen LogP contribution in [-0.2, 0) is 28.6 Å². The Morgan fingerprint density at radius 3 is 0.778 bits per heavy atom. The average molecular weight is 892 g/mol. The summed E-state index contributed by atoms with van der Waals surface area (Å²) in [5, 5.41) is 0. The number of unbranched alkanes of at least 4 members (excludes halogenated alkanes) is 36. The van der Waals surface area contributed by atoms with Gasteiger partial charge in [0.1, 0.15) is 13.2 Å². The fraction of sp³-hybridized carbons (Fsp3) is 0.947. The third-order valence-corrected chi connectivity index (χ3v) is 13.0. The zero-order chi connectivity index (χ0) is 46.1. The first kappa shape index (κ1) is 61.4. The number of carbonyl (C=O) groups is 3. The number of ether oxygens (including phenoxy) is 3. The molecule has 0 aliphatic heterocycles. The number of rotatable bonds is 51. The molecule has 0 aromatic rings. The van der Waals surface area contributed by atoms with Crippen molar-refractivity contribution in [3.63, 3.8) is 0 Å². The molecular formula is C57H110O6. The van der Waals surface area contributed by atoms with Crippen molar-refractivity contribution in [1.29, 1.82) is 0 Å². The first-order chi connectivity index (χ1) is 30.7. The van der Waals surface area contributed by atoms with Gasteiger partial charge in [-0.05, 0) is 31.1 Å². The van der Waals surface area contributed by atoms with E-state index in [4.69, 9.17) is 14.2 Å². The van der Waals surface area contributed by atoms with E-state index in [1.807, 2.05) is 0 Å². The van der Waals surface area contributed by atoms with Gasteiger partial charge in [-0.3, -0.25) is 14.4 Å². The Morgan fingerprint density at radius 2 is 0.524 bits per heavy atom. The van der Waals surface area contributed by atoms with Crippen LogP contribution in [0.2, 0.25) is 0 Å². The van der Waals surface area contributed by atoms with E-state index < -0.39 is 6.10 Å². The van der Waals surface area contributed by atoms with Gasteiger partial charge in [-0.25, -0.2) is 0 Å². The Balaban J connectivity index is 4.27. The molecule has 0 aliphatic carbocycles. The van der Waals surface area contributed by atoms with Gasteiger partial charge in [0.15, 0.2) is 6.10 Å². The molecule has 0 saturated heterocycles. The first-order valence-electron chi connectivity index (χ1n) is 28.2. The predicted molar refractivity (Wildman–Crippen MR) is 270 cm³/mol. The van der Waals surface area contributed by atoms with E-state index in [0.717, 1.165) is 69.6 Å². The molecule has 6 heteroatoms. The first-order valence-corrected chi connectivity index (χ1v) is 28.2. The topological polar surface area (TPSA) is 78.9 Å². The number of hydrogen-bond donors (Lipinski definition) is 0. The normalized spacial score (nSPS) is 12.0. The Hall–Kier alpha value is -1.59. The molecule has 0 spiro atoms. The fourth-order valence-corrected chi connectivity index (χ4v) is 8.70. The van der Waals surface area contributed by atoms with Gasteiger partial charge in [-0.15, -0.1) is 0 Å². The Labute approximate surface area is 393 Å². The van der Waals surface area contributed by atoms with E-state index in [9.17, 15) is 14.4 Å². The molecule has 0 aromatic heterocycles. The van der Waals surface area contributed by atoms with Gasteiger partial charge in [0, 0.05) is 19.3 Å². The highest BCUT2D eigenvalue weighted by atomic mass is 16.6. The molecule has 63 heavy (non-hydrogen) atoms. The van der Waals surface area contributed by atoms with Crippen LogP contribution in [0.5, 0.6) is 0 Å². The van der Waals surface area contributed by atoms with Crippen LogP contribution in [0.1, 0.15) is 317 Å². The monoisotopic (exact) mass is 891 g/mol. The minimum atomic E-state index is -0.762. The molecule has 0 amide bonds. The second kappa shape index (κ2) is 49.8. The van der Waals surface area contributed by atoms with Crippen LogP contribution in [0.4, 0.5) is 0 Å². The van der Waals surface area contributed by atoms with Crippen molar-refractivity contribution in [2.45, 2.75) is 323 Å². The molecule has 0 rings (SSSR count). The zero-order valence-corrected chi connectivity index (χ0v) is 43.2. The number of carbonyl (C=O) groups excluding carboxylic acids is 3. The smallest absolute Gasteiger partial charge is 0.306 e. The van der Waals surface area contributed by atoms with Crippen molar-refractivity contribution in [2.24, 2.45) is 11.8 Å². The third kappa shape index (κ3) is 51.3. The van der Waals surface area contributed by atoms with E-state index >= 15 is 0 Å². The molecule has 0 bridgehead atoms. The van der Waals surface area contributed by atoms with Crippen molar-refractivity contribution in [1.82, 2.24) is 0 Å². The van der Waals surface area contributed by atoms with Crippen LogP contribution < -0.4 is 0 Å². The third-order valence-electron chi connectivity index (χ3n) is 13.0. The molecule has 374 valence electrons. The SMILES string of the molecule is CCCCCCCCCCCCCC(=O)OC[C@H](COC(=O)CCCCCCCCCCCCCCCC(C)C)OC(=O)CCCCCCCCCCCCCCCCCC(C)C. The highest BCUT2D eigenvalue weighted by Gasteiger charge is 2.19. The zero-order valence-electron chi connectivity index (χ0n) is 43.2. The summed E-state index contributed by atoms with van der Waals surface area (Å²) < 4.78 is 16.9. The average Bonchev–Trinajstić information content (AvgIpc) is 3.25. The quantitative estimate of drug-likeness (QED) is 0.0344. The van der Waals surface area contributed by atoms with Crippen LogP contribution in [0, 0.1) is 11.8 Å². The maximum Gasteiger partial charge on any atom is 0.306 e. The second-order valence-corrected chi connectivity index (χ2v) is 20.5. The minimum Gasteiger partial charge on any atom is -0.462 e. The van der Waals surface area contributed by atoms with Gasteiger partial charge < -0.3 is 14.2 Å². The standard InChI is InChI=1S/C57H110O6/c1-6-7-8-9-10-11-20-27-32-37-42-47-55(58)61-50-54(51-62-56(59)48-43-38-33-28-23-19-15-17-22-26-31-36-41-46-53(4)5)63-57(60)49-44-39-34-29-24-18-14-12-13-16-21-25-30-35-40-45-52(2)3/h52-54H,6-51H2,1-5H3/t54-/m1/s1. The van der Waals surface area contributed by atoms with Gasteiger partial charge in [-0.2, -0.15) is 0 Å². The van der Waals surface area contributed by atoms with Gasteiger partial charge in [0.25, 0.3) is 0 Å².